The molecule has 0 spiro atoms. The van der Waals surface area contributed by atoms with Crippen LogP contribution in [0.15, 0.2) is 261 Å². The summed E-state index contributed by atoms with van der Waals surface area (Å²) in [7, 11) is 0. The predicted molar refractivity (Wildman–Crippen MR) is 326 cm³/mol. The highest BCUT2D eigenvalue weighted by Gasteiger charge is 2.44. The summed E-state index contributed by atoms with van der Waals surface area (Å²) in [4.78, 5) is 0. The van der Waals surface area contributed by atoms with Crippen LogP contribution in [0, 0.1) is 0 Å². The van der Waals surface area contributed by atoms with E-state index in [-0.39, 0.29) is 5.41 Å². The van der Waals surface area contributed by atoms with E-state index >= 15 is 0 Å². The molecule has 1 aliphatic rings. The average Bonchev–Trinajstić information content (AvgIpc) is 3.79. The second kappa shape index (κ2) is 21.5. The summed E-state index contributed by atoms with van der Waals surface area (Å²) in [5.74, 6) is 0. The van der Waals surface area contributed by atoms with Gasteiger partial charge < -0.3 is 0 Å². The molecule has 0 N–H and O–H groups in total. The van der Waals surface area contributed by atoms with Crippen molar-refractivity contribution in [2.45, 2.75) is 59.3 Å². The number of unbranched alkanes of at least 4 members (excludes halogenated alkanes) is 1. The molecule has 0 bridgehead atoms. The van der Waals surface area contributed by atoms with Crippen molar-refractivity contribution in [3.63, 3.8) is 0 Å². The molecule has 0 nitrogen and oxygen atoms in total. The second-order valence-electron chi connectivity index (χ2n) is 19.3. The molecule has 0 amide bonds. The summed E-state index contributed by atoms with van der Waals surface area (Å²) < 4.78 is 0. The van der Waals surface area contributed by atoms with Gasteiger partial charge >= 0.3 is 0 Å². The van der Waals surface area contributed by atoms with E-state index in [1.165, 1.54) is 127 Å². The van der Waals surface area contributed by atoms with Crippen LogP contribution in [-0.2, 0) is 5.41 Å². The fourth-order valence-electron chi connectivity index (χ4n) is 12.1. The van der Waals surface area contributed by atoms with E-state index in [0.29, 0.717) is 0 Å². The van der Waals surface area contributed by atoms with Gasteiger partial charge in [0.15, 0.2) is 0 Å². The maximum atomic E-state index is 2.57. The molecule has 0 heteroatoms. The standard InChI is InChI=1S/C71H52.2C2H6/c1-2-3-43-71(56-38-35-51(36-39-56)48-21-7-4-8-22-48)67-34-20-19-29-60(67)61-40-37-52(47-68(61)71)69-62-30-15-17-32-64(62)70(65-33-18-16-31-63(65)69)66-42-41-57(58-27-13-14-28-59(58)66)55-45-53(49-23-9-5-10-24-49)44-54(46-55)50-25-11-6-12-26-50;2*1-2/h4-42,44-47H,2-3,43H2,1H3;2*1-2H3. The lowest BCUT2D eigenvalue weighted by atomic mass is 9.68. The van der Waals surface area contributed by atoms with E-state index in [1.54, 1.807) is 0 Å². The van der Waals surface area contributed by atoms with Crippen molar-refractivity contribution in [3.05, 3.63) is 278 Å². The lowest BCUT2D eigenvalue weighted by Crippen LogP contribution is -2.27. The van der Waals surface area contributed by atoms with Gasteiger partial charge in [-0.2, -0.15) is 0 Å². The van der Waals surface area contributed by atoms with Crippen molar-refractivity contribution in [2.24, 2.45) is 0 Å². The van der Waals surface area contributed by atoms with E-state index in [0.717, 1.165) is 19.3 Å². The van der Waals surface area contributed by atoms with Gasteiger partial charge in [-0.15, -0.1) is 0 Å². The van der Waals surface area contributed by atoms with Crippen LogP contribution in [0.2, 0.25) is 0 Å². The van der Waals surface area contributed by atoms with Gasteiger partial charge in [-0.25, -0.2) is 0 Å². The molecule has 1 unspecified atom stereocenters. The Labute approximate surface area is 444 Å². The highest BCUT2D eigenvalue weighted by molar-refractivity contribution is 6.24. The van der Waals surface area contributed by atoms with Crippen molar-refractivity contribution in [2.75, 3.05) is 0 Å². The third kappa shape index (κ3) is 8.65. The summed E-state index contributed by atoms with van der Waals surface area (Å²) in [6, 6.07) is 97.5. The zero-order valence-electron chi connectivity index (χ0n) is 43.9. The van der Waals surface area contributed by atoms with Crippen molar-refractivity contribution < 1.29 is 0 Å². The maximum absolute atomic E-state index is 2.57. The number of rotatable bonds is 10. The molecule has 0 fully saturated rings. The van der Waals surface area contributed by atoms with Gasteiger partial charge in [-0.3, -0.25) is 0 Å². The normalized spacial score (nSPS) is 13.3. The molecule has 0 aliphatic heterocycles. The van der Waals surface area contributed by atoms with Gasteiger partial charge in [0.05, 0.1) is 0 Å². The highest BCUT2D eigenvalue weighted by atomic mass is 14.5. The van der Waals surface area contributed by atoms with Gasteiger partial charge in [0.25, 0.3) is 0 Å². The molecular weight excluding hydrogens is 901 g/mol. The fraction of sp³-hybridized carbons (Fsp3) is 0.120. The van der Waals surface area contributed by atoms with E-state index in [2.05, 4.69) is 268 Å². The molecule has 1 atom stereocenters. The van der Waals surface area contributed by atoms with Crippen LogP contribution in [0.5, 0.6) is 0 Å². The zero-order valence-corrected chi connectivity index (χ0v) is 43.9. The van der Waals surface area contributed by atoms with Gasteiger partial charge in [0, 0.05) is 5.41 Å². The van der Waals surface area contributed by atoms with E-state index in [9.17, 15) is 0 Å². The van der Waals surface area contributed by atoms with Crippen molar-refractivity contribution in [3.8, 4) is 77.9 Å². The quantitative estimate of drug-likeness (QED) is 0.120. The molecule has 13 rings (SSSR count). The monoisotopic (exact) mass is 965 g/mol. The molecule has 12 aromatic carbocycles. The molecule has 1 aliphatic carbocycles. The molecule has 0 aromatic heterocycles. The molecule has 0 radical (unpaired) electrons. The van der Waals surface area contributed by atoms with Gasteiger partial charge in [-0.05, 0) is 158 Å². The Hall–Kier alpha value is -8.58. The van der Waals surface area contributed by atoms with Crippen molar-refractivity contribution in [1.82, 2.24) is 0 Å². The minimum atomic E-state index is -0.290. The third-order valence-electron chi connectivity index (χ3n) is 15.4. The number of hydrogen-bond acceptors (Lipinski definition) is 0. The Kier molecular flexibility index (Phi) is 13.9. The highest BCUT2D eigenvalue weighted by Crippen LogP contribution is 2.57. The fourth-order valence-corrected chi connectivity index (χ4v) is 12.1. The molecule has 0 heterocycles. The SMILES string of the molecule is CC.CC.CCCCC1(c2ccc(-c3ccccc3)cc2)c2ccccc2-c2ccc(-c3c4ccccc4c(-c4ccc(-c5cc(-c6ccccc6)cc(-c6ccccc6)c5)c5ccccc45)c4ccccc34)cc21. The Morgan fingerprint density at radius 2 is 0.653 bits per heavy atom. The van der Waals surface area contributed by atoms with Crippen LogP contribution in [-0.4, -0.2) is 0 Å². The van der Waals surface area contributed by atoms with Crippen LogP contribution < -0.4 is 0 Å². The summed E-state index contributed by atoms with van der Waals surface area (Å²) >= 11 is 0. The van der Waals surface area contributed by atoms with Crippen molar-refractivity contribution >= 4 is 32.3 Å². The van der Waals surface area contributed by atoms with E-state index < -0.39 is 0 Å². The van der Waals surface area contributed by atoms with Crippen LogP contribution in [0.3, 0.4) is 0 Å². The Balaban J connectivity index is 0.00000147. The Morgan fingerprint density at radius 1 is 0.267 bits per heavy atom. The molecule has 75 heavy (non-hydrogen) atoms. The first kappa shape index (κ1) is 48.7. The first-order valence-electron chi connectivity index (χ1n) is 27.3. The van der Waals surface area contributed by atoms with Crippen LogP contribution in [0.25, 0.3) is 110 Å². The third-order valence-corrected chi connectivity index (χ3v) is 15.4. The largest absolute Gasteiger partial charge is 0.0683 e. The van der Waals surface area contributed by atoms with Crippen LogP contribution in [0.4, 0.5) is 0 Å². The zero-order chi connectivity index (χ0) is 51.3. The number of fused-ring (bicyclic) bond motifs is 6. The summed E-state index contributed by atoms with van der Waals surface area (Å²) in [6.45, 7) is 10.3. The topological polar surface area (TPSA) is 0 Å². The van der Waals surface area contributed by atoms with E-state index in [1.807, 2.05) is 27.7 Å². The predicted octanol–water partition coefficient (Wildman–Crippen LogP) is 21.7. The van der Waals surface area contributed by atoms with Crippen molar-refractivity contribution in [1.29, 1.82) is 0 Å². The molecule has 0 saturated heterocycles. The lowest BCUT2D eigenvalue weighted by molar-refractivity contribution is 0.538. The second-order valence-corrected chi connectivity index (χ2v) is 19.3. The lowest BCUT2D eigenvalue weighted by Gasteiger charge is -2.34. The minimum absolute atomic E-state index is 0.290. The average molecular weight is 965 g/mol. The van der Waals surface area contributed by atoms with E-state index in [4.69, 9.17) is 0 Å². The molecule has 0 saturated carbocycles. The van der Waals surface area contributed by atoms with Gasteiger partial charge in [0.2, 0.25) is 0 Å². The maximum Gasteiger partial charge on any atom is 0.0463 e. The molecular formula is C75H64. The van der Waals surface area contributed by atoms with Crippen LogP contribution in [0.1, 0.15) is 70.6 Å². The summed E-state index contributed by atoms with van der Waals surface area (Å²) in [5.41, 5.74) is 21.4. The smallest absolute Gasteiger partial charge is 0.0463 e. The number of benzene rings is 12. The Bertz CT molecular complexity index is 3820. The minimum Gasteiger partial charge on any atom is -0.0683 e. The summed E-state index contributed by atoms with van der Waals surface area (Å²) in [5, 5.41) is 7.53. The number of hydrogen-bond donors (Lipinski definition) is 0. The first-order chi connectivity index (χ1) is 37.2. The molecule has 12 aromatic rings. The van der Waals surface area contributed by atoms with Crippen LogP contribution >= 0.6 is 0 Å². The van der Waals surface area contributed by atoms with Gasteiger partial charge in [0.1, 0.15) is 0 Å². The summed E-state index contributed by atoms with van der Waals surface area (Å²) in [6.07, 6.45) is 3.29. The van der Waals surface area contributed by atoms with Gasteiger partial charge in [-0.1, -0.05) is 284 Å². The first-order valence-corrected chi connectivity index (χ1v) is 27.3. The Morgan fingerprint density at radius 3 is 1.20 bits per heavy atom. The molecule has 364 valence electrons.